The number of phenolic OH excluding ortho intramolecular Hbond substituents is 1. The number of hydrogen-bond donors (Lipinski definition) is 2. The number of benzene rings is 4. The molecule has 39 heavy (non-hydrogen) atoms. The van der Waals surface area contributed by atoms with Crippen LogP contribution in [0.15, 0.2) is 106 Å². The molecule has 1 aromatic heterocycles. The minimum absolute atomic E-state index is 0.0393. The molecular formula is C31H24ClF3NO3+. The summed E-state index contributed by atoms with van der Waals surface area (Å²) < 4.78 is 48.3. The Labute approximate surface area is 227 Å². The first-order valence-corrected chi connectivity index (χ1v) is 12.6. The molecule has 0 saturated heterocycles. The molecule has 0 amide bonds. The zero-order valence-electron chi connectivity index (χ0n) is 20.6. The molecule has 0 aliphatic rings. The fraction of sp³-hybridized carbons (Fsp3) is 0.129. The number of rotatable bonds is 7. The average Bonchev–Trinajstić information content (AvgIpc) is 2.91. The molecule has 4 aromatic carbocycles. The van der Waals surface area contributed by atoms with Crippen LogP contribution in [0.1, 0.15) is 22.5 Å². The summed E-state index contributed by atoms with van der Waals surface area (Å²) in [7, 11) is 0. The predicted molar refractivity (Wildman–Crippen MR) is 145 cm³/mol. The van der Waals surface area contributed by atoms with Crippen LogP contribution in [0.5, 0.6) is 5.75 Å². The maximum atomic E-state index is 14.3. The Morgan fingerprint density at radius 2 is 1.33 bits per heavy atom. The van der Waals surface area contributed by atoms with Crippen molar-refractivity contribution in [3.05, 3.63) is 135 Å². The normalized spacial score (nSPS) is 11.8. The summed E-state index contributed by atoms with van der Waals surface area (Å²) in [6.45, 7) is 1.18. The molecule has 0 aliphatic carbocycles. The van der Waals surface area contributed by atoms with Gasteiger partial charge in [0.25, 0.3) is 0 Å². The standard InChI is InChI=1S/C31H23ClF3NO3/c32-23-13-11-22(12-14-23)27-28(38)24-15-16-26(37)25(29(24)39-30(27)31(33,34)35)19-36(17-20-7-3-1-4-8-20)18-21-9-5-2-6-10-21/h1-16,37H,17-19H2/p+1. The molecule has 0 unspecified atom stereocenters. The molecular weight excluding hydrogens is 527 g/mol. The lowest BCUT2D eigenvalue weighted by Crippen LogP contribution is -3.08. The van der Waals surface area contributed by atoms with E-state index in [1.807, 2.05) is 60.7 Å². The number of quaternary nitrogens is 1. The minimum Gasteiger partial charge on any atom is -0.507 e. The topological polar surface area (TPSA) is 54.9 Å². The van der Waals surface area contributed by atoms with Crippen LogP contribution in [0.4, 0.5) is 13.2 Å². The van der Waals surface area contributed by atoms with Gasteiger partial charge >= 0.3 is 6.18 Å². The molecule has 8 heteroatoms. The molecule has 0 saturated carbocycles. The van der Waals surface area contributed by atoms with Gasteiger partial charge in [-0.05, 0) is 29.8 Å². The van der Waals surface area contributed by atoms with E-state index in [0.717, 1.165) is 16.0 Å². The van der Waals surface area contributed by atoms with Crippen LogP contribution in [0.3, 0.4) is 0 Å². The third-order valence-corrected chi connectivity index (χ3v) is 6.80. The molecule has 198 valence electrons. The van der Waals surface area contributed by atoms with E-state index in [2.05, 4.69) is 0 Å². The molecule has 5 aromatic rings. The third-order valence-electron chi connectivity index (χ3n) is 6.55. The Kier molecular flexibility index (Phi) is 7.46. The van der Waals surface area contributed by atoms with Gasteiger partial charge in [-0.25, -0.2) is 0 Å². The predicted octanol–water partition coefficient (Wildman–Crippen LogP) is 6.62. The van der Waals surface area contributed by atoms with Crippen molar-refractivity contribution in [3.63, 3.8) is 0 Å². The zero-order chi connectivity index (χ0) is 27.6. The Balaban J connectivity index is 1.66. The summed E-state index contributed by atoms with van der Waals surface area (Å²) in [6.07, 6.45) is -4.95. The highest BCUT2D eigenvalue weighted by Gasteiger charge is 2.40. The summed E-state index contributed by atoms with van der Waals surface area (Å²) in [5.74, 6) is -1.65. The number of alkyl halides is 3. The van der Waals surface area contributed by atoms with E-state index in [9.17, 15) is 23.1 Å². The second-order valence-corrected chi connectivity index (χ2v) is 9.77. The van der Waals surface area contributed by atoms with Gasteiger partial charge in [0.1, 0.15) is 25.4 Å². The molecule has 5 rings (SSSR count). The van der Waals surface area contributed by atoms with Gasteiger partial charge < -0.3 is 14.4 Å². The summed E-state index contributed by atoms with van der Waals surface area (Å²) in [6, 6.07) is 27.5. The van der Waals surface area contributed by atoms with Crippen LogP contribution in [0, 0.1) is 0 Å². The lowest BCUT2D eigenvalue weighted by Gasteiger charge is -2.21. The first-order chi connectivity index (χ1) is 18.7. The molecule has 0 aliphatic heterocycles. The van der Waals surface area contributed by atoms with E-state index in [-0.39, 0.29) is 34.4 Å². The van der Waals surface area contributed by atoms with E-state index in [4.69, 9.17) is 16.0 Å². The quantitative estimate of drug-likeness (QED) is 0.239. The maximum absolute atomic E-state index is 14.3. The van der Waals surface area contributed by atoms with Crippen LogP contribution in [-0.4, -0.2) is 5.11 Å². The summed E-state index contributed by atoms with van der Waals surface area (Å²) in [4.78, 5) is 14.5. The molecule has 1 heterocycles. The Morgan fingerprint density at radius 3 is 1.87 bits per heavy atom. The molecule has 0 radical (unpaired) electrons. The fourth-order valence-electron chi connectivity index (χ4n) is 4.76. The number of halogens is 4. The smallest absolute Gasteiger partial charge is 0.450 e. The highest BCUT2D eigenvalue weighted by molar-refractivity contribution is 6.30. The minimum atomic E-state index is -4.95. The Hall–Kier alpha value is -4.07. The van der Waals surface area contributed by atoms with Gasteiger partial charge in [0.2, 0.25) is 11.2 Å². The highest BCUT2D eigenvalue weighted by Crippen LogP contribution is 2.39. The summed E-state index contributed by atoms with van der Waals surface area (Å²) in [5.41, 5.74) is 0.512. The van der Waals surface area contributed by atoms with Crippen LogP contribution in [-0.2, 0) is 25.8 Å². The van der Waals surface area contributed by atoms with Gasteiger partial charge in [-0.15, -0.1) is 0 Å². The van der Waals surface area contributed by atoms with Gasteiger partial charge in [-0.1, -0.05) is 84.4 Å². The Morgan fingerprint density at radius 1 is 0.769 bits per heavy atom. The van der Waals surface area contributed by atoms with E-state index < -0.39 is 22.9 Å². The lowest BCUT2D eigenvalue weighted by atomic mass is 10.00. The van der Waals surface area contributed by atoms with E-state index in [1.54, 1.807) is 0 Å². The van der Waals surface area contributed by atoms with Crippen molar-refractivity contribution in [3.8, 4) is 16.9 Å². The third kappa shape index (κ3) is 5.85. The van der Waals surface area contributed by atoms with E-state index >= 15 is 0 Å². The van der Waals surface area contributed by atoms with Gasteiger partial charge in [0.15, 0.2) is 5.58 Å². The fourth-order valence-corrected chi connectivity index (χ4v) is 4.89. The second kappa shape index (κ2) is 11.0. The van der Waals surface area contributed by atoms with Crippen LogP contribution in [0.25, 0.3) is 22.1 Å². The van der Waals surface area contributed by atoms with E-state index in [1.165, 1.54) is 36.4 Å². The van der Waals surface area contributed by atoms with E-state index in [0.29, 0.717) is 18.1 Å². The van der Waals surface area contributed by atoms with Crippen molar-refractivity contribution >= 4 is 22.6 Å². The number of fused-ring (bicyclic) bond motifs is 1. The number of nitrogens with one attached hydrogen (secondary N) is 1. The average molecular weight is 551 g/mol. The summed E-state index contributed by atoms with van der Waals surface area (Å²) in [5, 5.41) is 11.1. The van der Waals surface area contributed by atoms with Crippen molar-refractivity contribution in [2.24, 2.45) is 0 Å². The highest BCUT2D eigenvalue weighted by atomic mass is 35.5. The number of hydrogen-bond acceptors (Lipinski definition) is 3. The van der Waals surface area contributed by atoms with Crippen LogP contribution in [0.2, 0.25) is 5.02 Å². The molecule has 2 N–H and O–H groups in total. The first-order valence-electron chi connectivity index (χ1n) is 12.3. The van der Waals surface area contributed by atoms with Crippen molar-refractivity contribution in [2.75, 3.05) is 0 Å². The molecule has 4 nitrogen and oxygen atoms in total. The molecule has 0 spiro atoms. The van der Waals surface area contributed by atoms with Gasteiger partial charge in [-0.2, -0.15) is 13.2 Å². The summed E-state index contributed by atoms with van der Waals surface area (Å²) >= 11 is 5.91. The van der Waals surface area contributed by atoms with Crippen LogP contribution < -0.4 is 10.3 Å². The van der Waals surface area contributed by atoms with Crippen molar-refractivity contribution < 1.29 is 27.6 Å². The first kappa shape index (κ1) is 26.5. The van der Waals surface area contributed by atoms with Gasteiger partial charge in [0.05, 0.1) is 16.5 Å². The molecule has 0 bridgehead atoms. The largest absolute Gasteiger partial charge is 0.507 e. The zero-order valence-corrected chi connectivity index (χ0v) is 21.4. The number of aromatic hydroxyl groups is 1. The van der Waals surface area contributed by atoms with Crippen LogP contribution >= 0.6 is 11.6 Å². The molecule has 0 fully saturated rings. The SMILES string of the molecule is O=c1c(-c2ccc(Cl)cc2)c(C(F)(F)F)oc2c(C[NH+](Cc3ccccc3)Cc3ccccc3)c(O)ccc12. The monoisotopic (exact) mass is 550 g/mol. The van der Waals surface area contributed by atoms with Gasteiger partial charge in [0, 0.05) is 16.1 Å². The van der Waals surface area contributed by atoms with Crippen molar-refractivity contribution in [2.45, 2.75) is 25.8 Å². The lowest BCUT2D eigenvalue weighted by molar-refractivity contribution is -0.941. The number of phenols is 1. The second-order valence-electron chi connectivity index (χ2n) is 9.33. The molecule has 0 atom stereocenters. The van der Waals surface area contributed by atoms with Gasteiger partial charge in [-0.3, -0.25) is 4.79 Å². The maximum Gasteiger partial charge on any atom is 0.450 e. The van der Waals surface area contributed by atoms with Crippen molar-refractivity contribution in [1.82, 2.24) is 0 Å². The Bertz CT molecular complexity index is 1610. The van der Waals surface area contributed by atoms with Crippen molar-refractivity contribution in [1.29, 1.82) is 0 Å².